The number of amides is 2. The molecular formula is C14H17BrN2O3. The first-order valence-corrected chi connectivity index (χ1v) is 7.27. The summed E-state index contributed by atoms with van der Waals surface area (Å²) in [7, 11) is 0. The first-order valence-electron chi connectivity index (χ1n) is 6.48. The molecule has 6 heteroatoms. The van der Waals surface area contributed by atoms with Crippen LogP contribution < -0.4 is 11.1 Å². The molecule has 108 valence electrons. The monoisotopic (exact) mass is 340 g/mol. The topological polar surface area (TPSA) is 81.4 Å². The summed E-state index contributed by atoms with van der Waals surface area (Å²) in [6.45, 7) is 0.999. The predicted octanol–water partition coefficient (Wildman–Crippen LogP) is 0.998. The first-order chi connectivity index (χ1) is 9.56. The Bertz CT molecular complexity index is 501. The van der Waals surface area contributed by atoms with E-state index in [0.29, 0.717) is 26.1 Å². The van der Waals surface area contributed by atoms with Crippen molar-refractivity contribution in [2.45, 2.75) is 18.9 Å². The number of benzene rings is 1. The minimum atomic E-state index is -0.697. The zero-order chi connectivity index (χ0) is 14.5. The van der Waals surface area contributed by atoms with E-state index >= 15 is 0 Å². The number of hydrogen-bond donors (Lipinski definition) is 2. The molecule has 0 saturated carbocycles. The summed E-state index contributed by atoms with van der Waals surface area (Å²) in [5.74, 6) is -0.877. The quantitative estimate of drug-likeness (QED) is 0.838. The van der Waals surface area contributed by atoms with Crippen LogP contribution in [0.25, 0.3) is 0 Å². The van der Waals surface area contributed by atoms with Crippen LogP contribution in [0.1, 0.15) is 12.0 Å². The van der Waals surface area contributed by atoms with Crippen molar-refractivity contribution in [1.29, 1.82) is 0 Å². The fraction of sp³-hybridized carbons (Fsp3) is 0.429. The molecule has 0 aromatic heterocycles. The Morgan fingerprint density at radius 2 is 2.30 bits per heavy atom. The highest BCUT2D eigenvalue weighted by Gasteiger charge is 2.27. The maximum Gasteiger partial charge on any atom is 0.240 e. The molecule has 2 atom stereocenters. The number of carbonyl (C=O) groups excluding carboxylic acids is 2. The summed E-state index contributed by atoms with van der Waals surface area (Å²) in [5, 5.41) is 2.72. The Balaban J connectivity index is 2.00. The van der Waals surface area contributed by atoms with Gasteiger partial charge in [-0.1, -0.05) is 28.1 Å². The van der Waals surface area contributed by atoms with Crippen LogP contribution in [-0.2, 0) is 20.7 Å². The Kier molecular flexibility index (Phi) is 5.14. The average molecular weight is 341 g/mol. The van der Waals surface area contributed by atoms with E-state index in [4.69, 9.17) is 10.5 Å². The molecular weight excluding hydrogens is 324 g/mol. The van der Waals surface area contributed by atoms with Gasteiger partial charge in [0.25, 0.3) is 0 Å². The van der Waals surface area contributed by atoms with Crippen molar-refractivity contribution in [3.8, 4) is 0 Å². The SMILES string of the molecule is NC(=O)[C@H](Cc1cccc(Br)c1)NC(=O)[C@H]1CCOC1. The van der Waals surface area contributed by atoms with Gasteiger partial charge in [-0.25, -0.2) is 0 Å². The van der Waals surface area contributed by atoms with Crippen LogP contribution >= 0.6 is 15.9 Å². The minimum absolute atomic E-state index is 0.165. The second kappa shape index (κ2) is 6.85. The minimum Gasteiger partial charge on any atom is -0.381 e. The zero-order valence-electron chi connectivity index (χ0n) is 11.0. The molecule has 1 heterocycles. The lowest BCUT2D eigenvalue weighted by Gasteiger charge is -2.17. The molecule has 3 N–H and O–H groups in total. The van der Waals surface area contributed by atoms with Crippen LogP contribution in [-0.4, -0.2) is 31.1 Å². The average Bonchev–Trinajstić information content (AvgIpc) is 2.91. The van der Waals surface area contributed by atoms with Gasteiger partial charge in [0, 0.05) is 17.5 Å². The van der Waals surface area contributed by atoms with Gasteiger partial charge in [0.2, 0.25) is 11.8 Å². The van der Waals surface area contributed by atoms with Crippen LogP contribution in [0.4, 0.5) is 0 Å². The molecule has 1 fully saturated rings. The van der Waals surface area contributed by atoms with Crippen molar-refractivity contribution < 1.29 is 14.3 Å². The molecule has 2 amide bonds. The highest BCUT2D eigenvalue weighted by Crippen LogP contribution is 2.15. The van der Waals surface area contributed by atoms with Crippen LogP contribution in [0, 0.1) is 5.92 Å². The van der Waals surface area contributed by atoms with E-state index in [1.807, 2.05) is 24.3 Å². The summed E-state index contributed by atoms with van der Waals surface area (Å²) < 4.78 is 6.10. The van der Waals surface area contributed by atoms with Gasteiger partial charge in [-0.2, -0.15) is 0 Å². The van der Waals surface area contributed by atoms with Crippen molar-refractivity contribution in [3.63, 3.8) is 0 Å². The summed E-state index contributed by atoms with van der Waals surface area (Å²) in [6, 6.07) is 6.88. The van der Waals surface area contributed by atoms with Crippen LogP contribution in [0.15, 0.2) is 28.7 Å². The van der Waals surface area contributed by atoms with Crippen LogP contribution in [0.2, 0.25) is 0 Å². The van der Waals surface area contributed by atoms with Crippen LogP contribution in [0.5, 0.6) is 0 Å². The molecule has 0 bridgehead atoms. The van der Waals surface area contributed by atoms with Crippen molar-refractivity contribution in [2.24, 2.45) is 11.7 Å². The van der Waals surface area contributed by atoms with E-state index in [1.54, 1.807) is 0 Å². The lowest BCUT2D eigenvalue weighted by molar-refractivity contribution is -0.129. The molecule has 20 heavy (non-hydrogen) atoms. The Labute approximate surface area is 126 Å². The van der Waals surface area contributed by atoms with Gasteiger partial charge in [0.1, 0.15) is 6.04 Å². The van der Waals surface area contributed by atoms with Gasteiger partial charge < -0.3 is 15.8 Å². The number of halogens is 1. The number of nitrogens with two attached hydrogens (primary N) is 1. The highest BCUT2D eigenvalue weighted by atomic mass is 79.9. The Morgan fingerprint density at radius 1 is 1.50 bits per heavy atom. The van der Waals surface area contributed by atoms with Crippen molar-refractivity contribution in [2.75, 3.05) is 13.2 Å². The number of primary amides is 1. The zero-order valence-corrected chi connectivity index (χ0v) is 12.6. The second-order valence-electron chi connectivity index (χ2n) is 4.86. The third-order valence-corrected chi connectivity index (χ3v) is 3.78. The third kappa shape index (κ3) is 4.05. The number of nitrogens with one attached hydrogen (secondary N) is 1. The molecule has 0 spiro atoms. The molecule has 0 unspecified atom stereocenters. The molecule has 1 aliphatic rings. The molecule has 0 radical (unpaired) electrons. The lowest BCUT2D eigenvalue weighted by Crippen LogP contribution is -2.48. The predicted molar refractivity (Wildman–Crippen MR) is 77.9 cm³/mol. The highest BCUT2D eigenvalue weighted by molar-refractivity contribution is 9.10. The molecule has 0 aliphatic carbocycles. The van der Waals surface area contributed by atoms with Crippen molar-refractivity contribution in [1.82, 2.24) is 5.32 Å². The summed E-state index contributed by atoms with van der Waals surface area (Å²) >= 11 is 3.37. The second-order valence-corrected chi connectivity index (χ2v) is 5.77. The van der Waals surface area contributed by atoms with Gasteiger partial charge >= 0.3 is 0 Å². The summed E-state index contributed by atoms with van der Waals surface area (Å²) in [6.07, 6.45) is 1.07. The molecule has 1 aliphatic heterocycles. The Hall–Kier alpha value is -1.40. The molecule has 5 nitrogen and oxygen atoms in total. The summed E-state index contributed by atoms with van der Waals surface area (Å²) in [4.78, 5) is 23.5. The normalized spacial score (nSPS) is 19.6. The molecule has 1 saturated heterocycles. The van der Waals surface area contributed by atoms with Gasteiger partial charge in [-0.05, 0) is 24.1 Å². The standard InChI is InChI=1S/C14H17BrN2O3/c15-11-3-1-2-9(6-11)7-12(13(16)18)17-14(19)10-4-5-20-8-10/h1-3,6,10,12H,4-5,7-8H2,(H2,16,18)(H,17,19)/t10-,12-/m0/s1. The fourth-order valence-electron chi connectivity index (χ4n) is 2.15. The van der Waals surface area contributed by atoms with Crippen molar-refractivity contribution in [3.05, 3.63) is 34.3 Å². The fourth-order valence-corrected chi connectivity index (χ4v) is 2.60. The van der Waals surface area contributed by atoms with Gasteiger partial charge in [0.15, 0.2) is 0 Å². The van der Waals surface area contributed by atoms with E-state index in [0.717, 1.165) is 10.0 Å². The molecule has 2 rings (SSSR count). The molecule has 1 aromatic carbocycles. The summed E-state index contributed by atoms with van der Waals surface area (Å²) in [5.41, 5.74) is 6.31. The molecule has 1 aromatic rings. The van der Waals surface area contributed by atoms with Crippen LogP contribution in [0.3, 0.4) is 0 Å². The largest absolute Gasteiger partial charge is 0.381 e. The van der Waals surface area contributed by atoms with E-state index in [1.165, 1.54) is 0 Å². The maximum absolute atomic E-state index is 12.0. The van der Waals surface area contributed by atoms with Gasteiger partial charge in [-0.15, -0.1) is 0 Å². The smallest absolute Gasteiger partial charge is 0.240 e. The van der Waals surface area contributed by atoms with Crippen molar-refractivity contribution >= 4 is 27.7 Å². The number of carbonyl (C=O) groups is 2. The van der Waals surface area contributed by atoms with E-state index in [2.05, 4.69) is 21.2 Å². The van der Waals surface area contributed by atoms with E-state index in [9.17, 15) is 9.59 Å². The third-order valence-electron chi connectivity index (χ3n) is 3.29. The van der Waals surface area contributed by atoms with E-state index in [-0.39, 0.29) is 11.8 Å². The maximum atomic E-state index is 12.0. The number of hydrogen-bond acceptors (Lipinski definition) is 3. The number of rotatable bonds is 5. The lowest BCUT2D eigenvalue weighted by atomic mass is 10.0. The van der Waals surface area contributed by atoms with E-state index < -0.39 is 11.9 Å². The van der Waals surface area contributed by atoms with Gasteiger partial charge in [-0.3, -0.25) is 9.59 Å². The van der Waals surface area contributed by atoms with Gasteiger partial charge in [0.05, 0.1) is 12.5 Å². The number of ether oxygens (including phenoxy) is 1. The first kappa shape index (κ1) is 15.0. The Morgan fingerprint density at radius 3 is 2.90 bits per heavy atom.